The second kappa shape index (κ2) is 30.3. The number of hydrogen-bond acceptors (Lipinski definition) is 13. The first-order chi connectivity index (χ1) is 36.6. The molecule has 0 radical (unpaired) electrons. The van der Waals surface area contributed by atoms with Gasteiger partial charge in [-0.2, -0.15) is 0 Å². The Balaban J connectivity index is 1.55. The Hall–Kier alpha value is -9.06. The number of hydrogen-bond donors (Lipinski definition) is 14. The predicted octanol–water partition coefficient (Wildman–Crippen LogP) is -1.01. The molecule has 0 unspecified atom stereocenters. The number of aliphatic imine (C=N–C) groups is 1. The molecule has 0 aliphatic carbocycles. The van der Waals surface area contributed by atoms with Gasteiger partial charge >= 0.3 is 11.9 Å². The molecule has 7 atom stereocenters. The van der Waals surface area contributed by atoms with Crippen LogP contribution >= 0.6 is 0 Å². The van der Waals surface area contributed by atoms with E-state index in [4.69, 9.17) is 17.2 Å². The summed E-state index contributed by atoms with van der Waals surface area (Å²) in [6.07, 6.45) is -1.36. The van der Waals surface area contributed by atoms with E-state index in [1.165, 1.54) is 36.4 Å². The van der Waals surface area contributed by atoms with Crippen LogP contribution < -0.4 is 54.4 Å². The summed E-state index contributed by atoms with van der Waals surface area (Å²) in [6, 6.07) is 18.3. The molecule has 4 aromatic carbocycles. The molecule has 4 rings (SSSR count). The quantitative estimate of drug-likeness (QED) is 0.0169. The van der Waals surface area contributed by atoms with Crippen LogP contribution in [0.15, 0.2) is 114 Å². The van der Waals surface area contributed by atoms with E-state index in [1.54, 1.807) is 86.6 Å². The zero-order valence-electron chi connectivity index (χ0n) is 42.5. The zero-order chi connectivity index (χ0) is 56.6. The van der Waals surface area contributed by atoms with Crippen molar-refractivity contribution in [3.05, 3.63) is 131 Å². The average molecular weight is 1070 g/mol. The molecule has 0 saturated heterocycles. The summed E-state index contributed by atoms with van der Waals surface area (Å²) in [4.78, 5) is 125. The first-order valence-electron chi connectivity index (χ1n) is 24.6. The van der Waals surface area contributed by atoms with Gasteiger partial charge in [0.05, 0.1) is 19.0 Å². The zero-order valence-corrected chi connectivity index (χ0v) is 42.5. The van der Waals surface area contributed by atoms with Crippen molar-refractivity contribution in [2.24, 2.45) is 28.1 Å². The van der Waals surface area contributed by atoms with Gasteiger partial charge in [0.1, 0.15) is 47.8 Å². The van der Waals surface area contributed by atoms with Gasteiger partial charge in [-0.15, -0.1) is 0 Å². The molecule has 0 fully saturated rings. The van der Waals surface area contributed by atoms with Gasteiger partial charge < -0.3 is 74.8 Å². The Morgan fingerprint density at radius 1 is 0.506 bits per heavy atom. The maximum Gasteiger partial charge on any atom is 0.326 e. The molecule has 7 amide bonds. The van der Waals surface area contributed by atoms with E-state index < -0.39 is 114 Å². The van der Waals surface area contributed by atoms with Crippen molar-refractivity contribution in [1.29, 1.82) is 0 Å². The third-order valence-corrected chi connectivity index (χ3v) is 11.8. The number of nitrogens with two attached hydrogens (primary N) is 3. The van der Waals surface area contributed by atoms with E-state index in [9.17, 15) is 63.6 Å². The monoisotopic (exact) mass is 1070 g/mol. The van der Waals surface area contributed by atoms with Gasteiger partial charge in [0.2, 0.25) is 41.4 Å². The van der Waals surface area contributed by atoms with Crippen molar-refractivity contribution < 1.29 is 63.6 Å². The highest BCUT2D eigenvalue weighted by Gasteiger charge is 2.35. The molecule has 0 aliphatic rings. The van der Waals surface area contributed by atoms with Gasteiger partial charge in [0.15, 0.2) is 5.96 Å². The minimum Gasteiger partial charge on any atom is -0.508 e. The summed E-state index contributed by atoms with van der Waals surface area (Å²) in [6.45, 7) is 2.74. The number of phenols is 2. The fourth-order valence-electron chi connectivity index (χ4n) is 7.73. The fraction of sp³-hybridized carbons (Fsp3) is 0.358. The molecule has 0 spiro atoms. The van der Waals surface area contributed by atoms with Crippen LogP contribution in [0.25, 0.3) is 0 Å². The fourth-order valence-corrected chi connectivity index (χ4v) is 7.73. The highest BCUT2D eigenvalue weighted by Crippen LogP contribution is 2.15. The molecule has 24 heteroatoms. The van der Waals surface area contributed by atoms with E-state index in [0.29, 0.717) is 22.3 Å². The number of rotatable bonds is 30. The molecule has 77 heavy (non-hydrogen) atoms. The average Bonchev–Trinajstić information content (AvgIpc) is 3.38. The van der Waals surface area contributed by atoms with Gasteiger partial charge in [-0.25, -0.2) is 4.79 Å². The van der Waals surface area contributed by atoms with Crippen LogP contribution in [0.3, 0.4) is 0 Å². The number of carboxylic acids is 2. The molecular weight excluding hydrogens is 999 g/mol. The van der Waals surface area contributed by atoms with E-state index in [1.807, 2.05) is 0 Å². The van der Waals surface area contributed by atoms with Crippen LogP contribution in [-0.2, 0) is 68.8 Å². The Bertz CT molecular complexity index is 2670. The molecule has 24 nitrogen and oxygen atoms in total. The Morgan fingerprint density at radius 2 is 0.935 bits per heavy atom. The number of amides is 7. The second-order valence-electron chi connectivity index (χ2n) is 18.4. The number of carboxylic acid groups (broad SMARTS) is 2. The molecule has 0 heterocycles. The van der Waals surface area contributed by atoms with Crippen LogP contribution in [0.1, 0.15) is 55.4 Å². The van der Waals surface area contributed by atoms with Crippen molar-refractivity contribution in [2.45, 2.75) is 101 Å². The van der Waals surface area contributed by atoms with E-state index in [2.05, 4.69) is 42.2 Å². The Labute approximate surface area is 444 Å². The first-order valence-corrected chi connectivity index (χ1v) is 24.6. The highest BCUT2D eigenvalue weighted by atomic mass is 16.4. The van der Waals surface area contributed by atoms with Crippen molar-refractivity contribution >= 4 is 59.2 Å². The summed E-state index contributed by atoms with van der Waals surface area (Å²) < 4.78 is 0. The lowest BCUT2D eigenvalue weighted by atomic mass is 9.99. The topological polar surface area (TPSA) is 409 Å². The molecule has 0 aromatic heterocycles. The molecule has 17 N–H and O–H groups in total. The van der Waals surface area contributed by atoms with E-state index in [-0.39, 0.29) is 62.5 Å². The molecule has 0 aliphatic heterocycles. The number of benzene rings is 4. The van der Waals surface area contributed by atoms with Crippen molar-refractivity contribution in [2.75, 3.05) is 13.1 Å². The second-order valence-corrected chi connectivity index (χ2v) is 18.4. The SMILES string of the molecule is CC(C)[C@H](NC(=O)[C@H](CCCN=C(N)N)NC(=O)CNC(=O)[C@@H](N)Cc1ccc(O)cc1)C(=O)N[C@@H](Cc1ccccc1)C(=O)N[C@@H](Cc1ccccc1)C(=O)N[C@@H](CC(=O)O)C(=O)N[C@@H](Cc1ccc(O)cc1)C(=O)O. The molecule has 0 saturated carbocycles. The molecule has 412 valence electrons. The Morgan fingerprint density at radius 3 is 1.42 bits per heavy atom. The van der Waals surface area contributed by atoms with Crippen LogP contribution in [0, 0.1) is 5.92 Å². The lowest BCUT2D eigenvalue weighted by molar-refractivity contribution is -0.143. The maximum atomic E-state index is 14.5. The lowest BCUT2D eigenvalue weighted by Crippen LogP contribution is -2.61. The number of phenolic OH excluding ortho intramolecular Hbond substituents is 2. The van der Waals surface area contributed by atoms with Crippen LogP contribution in [0.4, 0.5) is 0 Å². The van der Waals surface area contributed by atoms with Crippen LogP contribution in [0.2, 0.25) is 0 Å². The Kier molecular flexibility index (Phi) is 23.8. The summed E-state index contributed by atoms with van der Waals surface area (Å²) in [7, 11) is 0. The first kappa shape index (κ1) is 60.5. The van der Waals surface area contributed by atoms with Gasteiger partial charge in [-0.3, -0.25) is 43.3 Å². The normalized spacial score (nSPS) is 13.6. The van der Waals surface area contributed by atoms with Gasteiger partial charge in [-0.05, 0) is 71.7 Å². The van der Waals surface area contributed by atoms with Gasteiger partial charge in [0.25, 0.3) is 0 Å². The minimum absolute atomic E-state index is 0.0301. The van der Waals surface area contributed by atoms with E-state index >= 15 is 0 Å². The summed E-state index contributed by atoms with van der Waals surface area (Å²) >= 11 is 0. The number of nitrogens with one attached hydrogen (secondary N) is 7. The number of carbonyl (C=O) groups excluding carboxylic acids is 7. The number of guanidine groups is 1. The summed E-state index contributed by atoms with van der Waals surface area (Å²) in [5.41, 5.74) is 19.2. The number of aliphatic carboxylic acids is 2. The van der Waals surface area contributed by atoms with E-state index in [0.717, 1.165) is 0 Å². The number of nitrogens with zero attached hydrogens (tertiary/aromatic N) is 1. The van der Waals surface area contributed by atoms with Crippen molar-refractivity contribution in [3.63, 3.8) is 0 Å². The summed E-state index contributed by atoms with van der Waals surface area (Å²) in [5.74, 6) is -10.1. The molecule has 4 aromatic rings. The van der Waals surface area contributed by atoms with Gasteiger partial charge in [0, 0.05) is 25.8 Å². The molecular formula is C53H67N11O13. The third-order valence-electron chi connectivity index (χ3n) is 11.8. The summed E-state index contributed by atoms with van der Waals surface area (Å²) in [5, 5.41) is 56.6. The standard InChI is InChI=1S/C53H67N11O13/c1-30(2)45(64-47(71)38(14-9-23-57-53(55)56)59-43(67)29-58-46(70)37(54)24-33-15-19-35(65)20-16-33)51(75)62-40(26-32-12-7-4-8-13-32)49(73)60-39(25-31-10-5-3-6-11-31)48(72)61-41(28-44(68)69)50(74)63-42(52(76)77)27-34-17-21-36(66)22-18-34/h3-8,10-13,15-22,30,37-42,45,65-66H,9,14,23-29,54H2,1-2H3,(H,58,70)(H,59,67)(H,60,73)(H,61,72)(H,62,75)(H,63,74)(H,64,71)(H,68,69)(H,76,77)(H4,55,56,57)/t37-,38-,39-,40-,41-,42-,45-/m0/s1. The van der Waals surface area contributed by atoms with Gasteiger partial charge in [-0.1, -0.05) is 98.8 Å². The highest BCUT2D eigenvalue weighted by molar-refractivity contribution is 5.98. The smallest absolute Gasteiger partial charge is 0.326 e. The largest absolute Gasteiger partial charge is 0.508 e. The minimum atomic E-state index is -1.84. The number of aromatic hydroxyl groups is 2. The third kappa shape index (κ3) is 21.4. The van der Waals surface area contributed by atoms with Crippen LogP contribution in [0.5, 0.6) is 11.5 Å². The number of carbonyl (C=O) groups is 9. The van der Waals surface area contributed by atoms with Crippen LogP contribution in [-0.4, -0.2) is 135 Å². The van der Waals surface area contributed by atoms with Crippen molar-refractivity contribution in [3.8, 4) is 11.5 Å². The predicted molar refractivity (Wildman–Crippen MR) is 281 cm³/mol. The lowest BCUT2D eigenvalue weighted by Gasteiger charge is -2.28. The maximum absolute atomic E-state index is 14.5. The molecule has 0 bridgehead atoms. The van der Waals surface area contributed by atoms with Crippen molar-refractivity contribution in [1.82, 2.24) is 37.2 Å².